The van der Waals surface area contributed by atoms with Crippen LogP contribution in [0, 0.1) is 0 Å². The second-order valence-corrected chi connectivity index (χ2v) is 6.18. The van der Waals surface area contributed by atoms with Gasteiger partial charge in [0.1, 0.15) is 0 Å². The highest BCUT2D eigenvalue weighted by Gasteiger charge is 2.52. The highest BCUT2D eigenvalue weighted by atomic mass is 19.4. The third kappa shape index (κ3) is 3.03. The molecule has 1 aliphatic rings. The first kappa shape index (κ1) is 16.2. The Morgan fingerprint density at radius 1 is 1.00 bits per heavy atom. The van der Waals surface area contributed by atoms with Gasteiger partial charge in [0.05, 0.1) is 16.8 Å². The SMILES string of the molecule is CNc1cc(B2OC(C)(C)C(C)(C)O2)cc(C(F)(F)F)c1. The fourth-order valence-electron chi connectivity index (χ4n) is 2.07. The molecule has 7 heteroatoms. The zero-order valence-electron chi connectivity index (χ0n) is 12.8. The Morgan fingerprint density at radius 2 is 1.52 bits per heavy atom. The lowest BCUT2D eigenvalue weighted by molar-refractivity contribution is -0.137. The highest BCUT2D eigenvalue weighted by molar-refractivity contribution is 6.62. The van der Waals surface area contributed by atoms with Crippen molar-refractivity contribution in [3.05, 3.63) is 23.8 Å². The van der Waals surface area contributed by atoms with E-state index in [1.54, 1.807) is 13.1 Å². The van der Waals surface area contributed by atoms with Crippen LogP contribution in [0.15, 0.2) is 18.2 Å². The van der Waals surface area contributed by atoms with Crippen molar-refractivity contribution in [1.29, 1.82) is 0 Å². The van der Waals surface area contributed by atoms with E-state index in [4.69, 9.17) is 9.31 Å². The van der Waals surface area contributed by atoms with Gasteiger partial charge in [-0.3, -0.25) is 0 Å². The molecule has 21 heavy (non-hydrogen) atoms. The third-order valence-electron chi connectivity index (χ3n) is 4.10. The van der Waals surface area contributed by atoms with E-state index in [9.17, 15) is 13.2 Å². The number of rotatable bonds is 2. The molecule has 1 saturated heterocycles. The van der Waals surface area contributed by atoms with Crippen LogP contribution in [0.4, 0.5) is 18.9 Å². The number of nitrogens with one attached hydrogen (secondary N) is 1. The van der Waals surface area contributed by atoms with Crippen LogP contribution in [0.1, 0.15) is 33.3 Å². The quantitative estimate of drug-likeness (QED) is 0.852. The van der Waals surface area contributed by atoms with Crippen molar-refractivity contribution in [3.8, 4) is 0 Å². The molecule has 0 spiro atoms. The molecule has 0 amide bonds. The van der Waals surface area contributed by atoms with E-state index in [2.05, 4.69) is 5.32 Å². The molecule has 0 radical (unpaired) electrons. The largest absolute Gasteiger partial charge is 0.494 e. The minimum absolute atomic E-state index is 0.354. The summed E-state index contributed by atoms with van der Waals surface area (Å²) in [5.41, 5.74) is -1.18. The van der Waals surface area contributed by atoms with E-state index in [1.807, 2.05) is 27.7 Å². The maximum absolute atomic E-state index is 13.0. The molecule has 1 heterocycles. The maximum atomic E-state index is 13.0. The predicted octanol–water partition coefficient (Wildman–Crippen LogP) is 3.05. The van der Waals surface area contributed by atoms with Crippen molar-refractivity contribution in [2.24, 2.45) is 0 Å². The van der Waals surface area contributed by atoms with Gasteiger partial charge < -0.3 is 14.6 Å². The van der Waals surface area contributed by atoms with Gasteiger partial charge >= 0.3 is 13.3 Å². The van der Waals surface area contributed by atoms with Gasteiger partial charge in [0.25, 0.3) is 0 Å². The lowest BCUT2D eigenvalue weighted by Gasteiger charge is -2.32. The number of halogens is 3. The summed E-state index contributed by atoms with van der Waals surface area (Å²) in [6.07, 6.45) is -4.41. The molecule has 1 aliphatic heterocycles. The predicted molar refractivity (Wildman–Crippen MR) is 76.7 cm³/mol. The molecule has 1 fully saturated rings. The summed E-state index contributed by atoms with van der Waals surface area (Å²) in [6.45, 7) is 7.44. The first-order valence-electron chi connectivity index (χ1n) is 6.72. The number of alkyl halides is 3. The zero-order chi connectivity index (χ0) is 16.1. The van der Waals surface area contributed by atoms with Crippen molar-refractivity contribution >= 4 is 18.3 Å². The minimum atomic E-state index is -4.41. The molecular weight excluding hydrogens is 282 g/mol. The van der Waals surface area contributed by atoms with Gasteiger partial charge in [-0.2, -0.15) is 13.2 Å². The van der Waals surface area contributed by atoms with Crippen molar-refractivity contribution in [3.63, 3.8) is 0 Å². The molecule has 0 bridgehead atoms. The Hall–Kier alpha value is -1.21. The number of hydrogen-bond acceptors (Lipinski definition) is 3. The van der Waals surface area contributed by atoms with E-state index in [-0.39, 0.29) is 0 Å². The summed E-state index contributed by atoms with van der Waals surface area (Å²) >= 11 is 0. The monoisotopic (exact) mass is 301 g/mol. The lowest BCUT2D eigenvalue weighted by Crippen LogP contribution is -2.41. The van der Waals surface area contributed by atoms with Crippen LogP contribution in [0.25, 0.3) is 0 Å². The van der Waals surface area contributed by atoms with Crippen molar-refractivity contribution in [1.82, 2.24) is 0 Å². The molecule has 1 aromatic carbocycles. The molecular formula is C14H19BF3NO2. The topological polar surface area (TPSA) is 30.5 Å². The van der Waals surface area contributed by atoms with Gasteiger partial charge in [-0.05, 0) is 45.3 Å². The smallest absolute Gasteiger partial charge is 0.399 e. The lowest BCUT2D eigenvalue weighted by atomic mass is 9.78. The average molecular weight is 301 g/mol. The molecule has 0 atom stereocenters. The summed E-state index contributed by atoms with van der Waals surface area (Å²) in [4.78, 5) is 0. The fourth-order valence-corrected chi connectivity index (χ4v) is 2.07. The summed E-state index contributed by atoms with van der Waals surface area (Å²) in [5, 5.41) is 2.73. The molecule has 0 saturated carbocycles. The summed E-state index contributed by atoms with van der Waals surface area (Å²) < 4.78 is 50.5. The zero-order valence-corrected chi connectivity index (χ0v) is 12.8. The first-order valence-corrected chi connectivity index (χ1v) is 6.72. The molecule has 2 rings (SSSR count). The van der Waals surface area contributed by atoms with Gasteiger partial charge in [0.2, 0.25) is 0 Å². The Balaban J connectivity index is 2.42. The van der Waals surface area contributed by atoms with E-state index in [0.717, 1.165) is 12.1 Å². The Bertz CT molecular complexity index is 528. The second-order valence-electron chi connectivity index (χ2n) is 6.18. The van der Waals surface area contributed by atoms with E-state index >= 15 is 0 Å². The van der Waals surface area contributed by atoms with E-state index < -0.39 is 30.1 Å². The molecule has 3 nitrogen and oxygen atoms in total. The molecule has 116 valence electrons. The van der Waals surface area contributed by atoms with Crippen LogP contribution >= 0.6 is 0 Å². The minimum Gasteiger partial charge on any atom is -0.399 e. The Labute approximate surface area is 123 Å². The van der Waals surface area contributed by atoms with E-state index in [1.165, 1.54) is 0 Å². The van der Waals surface area contributed by atoms with Crippen LogP contribution < -0.4 is 10.8 Å². The van der Waals surface area contributed by atoms with Crippen molar-refractivity contribution < 1.29 is 22.5 Å². The molecule has 0 unspecified atom stereocenters. The van der Waals surface area contributed by atoms with Gasteiger partial charge in [0, 0.05) is 12.7 Å². The van der Waals surface area contributed by atoms with Crippen LogP contribution in [0.3, 0.4) is 0 Å². The summed E-state index contributed by atoms with van der Waals surface area (Å²) in [6, 6.07) is 3.75. The highest BCUT2D eigenvalue weighted by Crippen LogP contribution is 2.37. The van der Waals surface area contributed by atoms with Crippen molar-refractivity contribution in [2.45, 2.75) is 45.1 Å². The number of benzene rings is 1. The van der Waals surface area contributed by atoms with Gasteiger partial charge in [-0.25, -0.2) is 0 Å². The molecule has 0 aliphatic carbocycles. The summed E-state index contributed by atoms with van der Waals surface area (Å²) in [7, 11) is 0.758. The Morgan fingerprint density at radius 3 is 1.95 bits per heavy atom. The first-order chi connectivity index (χ1) is 9.46. The Kier molecular flexibility index (Phi) is 3.79. The third-order valence-corrected chi connectivity index (χ3v) is 4.10. The molecule has 1 N–H and O–H groups in total. The second kappa shape index (κ2) is 4.92. The van der Waals surface area contributed by atoms with Gasteiger partial charge in [0.15, 0.2) is 0 Å². The van der Waals surface area contributed by atoms with Crippen LogP contribution in [0.2, 0.25) is 0 Å². The van der Waals surface area contributed by atoms with Crippen LogP contribution in [-0.4, -0.2) is 25.4 Å². The number of anilines is 1. The maximum Gasteiger partial charge on any atom is 0.494 e. The standard InChI is InChI=1S/C14H19BF3NO2/c1-12(2)13(3,4)21-15(20-12)10-6-9(14(16,17)18)7-11(8-10)19-5/h6-8,19H,1-5H3. The molecule has 1 aromatic rings. The fraction of sp³-hybridized carbons (Fsp3) is 0.571. The number of hydrogen-bond donors (Lipinski definition) is 1. The normalized spacial score (nSPS) is 20.7. The van der Waals surface area contributed by atoms with Crippen LogP contribution in [-0.2, 0) is 15.5 Å². The van der Waals surface area contributed by atoms with Gasteiger partial charge in [-0.1, -0.05) is 6.07 Å². The average Bonchev–Trinajstić information content (AvgIpc) is 2.57. The summed E-state index contributed by atoms with van der Waals surface area (Å²) in [5.74, 6) is 0. The van der Waals surface area contributed by atoms with Crippen molar-refractivity contribution in [2.75, 3.05) is 12.4 Å². The van der Waals surface area contributed by atoms with Crippen LogP contribution in [0.5, 0.6) is 0 Å². The van der Waals surface area contributed by atoms with E-state index in [0.29, 0.717) is 11.2 Å². The van der Waals surface area contributed by atoms with Gasteiger partial charge in [-0.15, -0.1) is 0 Å². The molecule has 0 aromatic heterocycles.